The average Bonchev–Trinajstić information content (AvgIpc) is 2.43. The van der Waals surface area contributed by atoms with E-state index in [0.29, 0.717) is 6.42 Å². The Labute approximate surface area is 118 Å². The van der Waals surface area contributed by atoms with Crippen molar-refractivity contribution in [1.82, 2.24) is 0 Å². The summed E-state index contributed by atoms with van der Waals surface area (Å²) < 4.78 is 4.59. The molecule has 108 valence electrons. The minimum absolute atomic E-state index is 0.0993. The number of unbranched alkanes of at least 4 members (excludes halogenated alkanes) is 3. The Balaban J connectivity index is 3.30. The molecule has 0 heterocycles. The standard InChI is InChI=1S/C17H28O2/c1-3-4-5-6-7-8-9-10-11-12-13-14-15-16-17(18)19-2/h4-5,7-8,10-11H,3,6,9,12-16H2,1-2H3/b5-4-,8-7-,11-10-. The second-order valence-corrected chi connectivity index (χ2v) is 4.47. The fraction of sp³-hybridized carbons (Fsp3) is 0.588. The van der Waals surface area contributed by atoms with Crippen LogP contribution in [0.25, 0.3) is 0 Å². The van der Waals surface area contributed by atoms with Gasteiger partial charge in [0.25, 0.3) is 0 Å². The predicted octanol–water partition coefficient (Wildman–Crippen LogP) is 4.97. The normalized spacial score (nSPS) is 11.9. The van der Waals surface area contributed by atoms with Gasteiger partial charge in [0.1, 0.15) is 0 Å². The Hall–Kier alpha value is -1.31. The maximum Gasteiger partial charge on any atom is 0.305 e. The summed E-state index contributed by atoms with van der Waals surface area (Å²) in [4.78, 5) is 10.9. The molecule has 19 heavy (non-hydrogen) atoms. The Kier molecular flexibility index (Phi) is 13.7. The lowest BCUT2D eigenvalue weighted by atomic mass is 10.1. The van der Waals surface area contributed by atoms with Gasteiger partial charge in [-0.05, 0) is 38.5 Å². The first-order chi connectivity index (χ1) is 9.31. The molecule has 0 unspecified atom stereocenters. The molecule has 0 saturated carbocycles. The molecule has 0 N–H and O–H groups in total. The number of esters is 1. The molecular weight excluding hydrogens is 236 g/mol. The van der Waals surface area contributed by atoms with Crippen LogP contribution in [-0.2, 0) is 9.53 Å². The highest BCUT2D eigenvalue weighted by atomic mass is 16.5. The van der Waals surface area contributed by atoms with Gasteiger partial charge in [-0.1, -0.05) is 49.8 Å². The van der Waals surface area contributed by atoms with Crippen LogP contribution in [0.4, 0.5) is 0 Å². The third-order valence-corrected chi connectivity index (χ3v) is 2.76. The summed E-state index contributed by atoms with van der Waals surface area (Å²) in [7, 11) is 1.44. The van der Waals surface area contributed by atoms with Gasteiger partial charge in [0.15, 0.2) is 0 Å². The van der Waals surface area contributed by atoms with Gasteiger partial charge in [-0.3, -0.25) is 4.79 Å². The molecule has 0 aliphatic carbocycles. The van der Waals surface area contributed by atoms with E-state index >= 15 is 0 Å². The molecule has 0 amide bonds. The fourth-order valence-electron chi connectivity index (χ4n) is 1.64. The van der Waals surface area contributed by atoms with E-state index in [-0.39, 0.29) is 5.97 Å². The molecule has 2 nitrogen and oxygen atoms in total. The number of allylic oxidation sites excluding steroid dienone is 6. The van der Waals surface area contributed by atoms with E-state index in [1.165, 1.54) is 7.11 Å². The largest absolute Gasteiger partial charge is 0.469 e. The SMILES string of the molecule is CC/C=C\C/C=C\C/C=C\CCCCCC(=O)OC. The van der Waals surface area contributed by atoms with Crippen molar-refractivity contribution in [2.75, 3.05) is 7.11 Å². The predicted molar refractivity (Wildman–Crippen MR) is 82.0 cm³/mol. The monoisotopic (exact) mass is 264 g/mol. The molecule has 0 saturated heterocycles. The van der Waals surface area contributed by atoms with Gasteiger partial charge in [0.05, 0.1) is 7.11 Å². The zero-order chi connectivity index (χ0) is 14.2. The van der Waals surface area contributed by atoms with Crippen molar-refractivity contribution in [3.8, 4) is 0 Å². The van der Waals surface area contributed by atoms with Crippen molar-refractivity contribution >= 4 is 5.97 Å². The van der Waals surface area contributed by atoms with E-state index in [9.17, 15) is 4.79 Å². The van der Waals surface area contributed by atoms with Crippen molar-refractivity contribution < 1.29 is 9.53 Å². The first-order valence-electron chi connectivity index (χ1n) is 7.33. The van der Waals surface area contributed by atoms with Gasteiger partial charge in [0, 0.05) is 6.42 Å². The molecule has 0 bridgehead atoms. The minimum Gasteiger partial charge on any atom is -0.469 e. The van der Waals surface area contributed by atoms with Gasteiger partial charge in [-0.25, -0.2) is 0 Å². The van der Waals surface area contributed by atoms with Gasteiger partial charge < -0.3 is 4.74 Å². The molecule has 0 aromatic rings. The highest BCUT2D eigenvalue weighted by Gasteiger charge is 1.97. The molecule has 0 aliphatic heterocycles. The lowest BCUT2D eigenvalue weighted by molar-refractivity contribution is -0.140. The van der Waals surface area contributed by atoms with Crippen LogP contribution in [0.1, 0.15) is 58.3 Å². The quantitative estimate of drug-likeness (QED) is 0.299. The van der Waals surface area contributed by atoms with Gasteiger partial charge in [0.2, 0.25) is 0 Å². The van der Waals surface area contributed by atoms with E-state index in [1.807, 2.05) is 0 Å². The smallest absolute Gasteiger partial charge is 0.305 e. The van der Waals surface area contributed by atoms with Crippen molar-refractivity contribution in [2.24, 2.45) is 0 Å². The van der Waals surface area contributed by atoms with Crippen LogP contribution < -0.4 is 0 Å². The molecule has 0 rings (SSSR count). The first-order valence-corrected chi connectivity index (χ1v) is 7.33. The molecule has 0 atom stereocenters. The summed E-state index contributed by atoms with van der Waals surface area (Å²) in [6.07, 6.45) is 21.2. The van der Waals surface area contributed by atoms with Crippen LogP contribution in [0.15, 0.2) is 36.5 Å². The molecule has 0 aromatic heterocycles. The van der Waals surface area contributed by atoms with Gasteiger partial charge in [-0.2, -0.15) is 0 Å². The Bertz CT molecular complexity index is 288. The number of carbonyl (C=O) groups is 1. The zero-order valence-corrected chi connectivity index (χ0v) is 12.4. The molecule has 2 heteroatoms. The van der Waals surface area contributed by atoms with Crippen molar-refractivity contribution in [3.05, 3.63) is 36.5 Å². The van der Waals surface area contributed by atoms with E-state index in [4.69, 9.17) is 0 Å². The van der Waals surface area contributed by atoms with Crippen molar-refractivity contribution in [3.63, 3.8) is 0 Å². The fourth-order valence-corrected chi connectivity index (χ4v) is 1.64. The van der Waals surface area contributed by atoms with Crippen molar-refractivity contribution in [2.45, 2.75) is 58.3 Å². The van der Waals surface area contributed by atoms with Crippen LogP contribution in [0.2, 0.25) is 0 Å². The second kappa shape index (κ2) is 14.7. The highest BCUT2D eigenvalue weighted by molar-refractivity contribution is 5.68. The lowest BCUT2D eigenvalue weighted by Crippen LogP contribution is -1.98. The first kappa shape index (κ1) is 17.7. The van der Waals surface area contributed by atoms with Crippen LogP contribution in [0.3, 0.4) is 0 Å². The van der Waals surface area contributed by atoms with Crippen LogP contribution in [0.5, 0.6) is 0 Å². The molecule has 0 spiro atoms. The summed E-state index contributed by atoms with van der Waals surface area (Å²) in [6, 6.07) is 0. The summed E-state index contributed by atoms with van der Waals surface area (Å²) >= 11 is 0. The second-order valence-electron chi connectivity index (χ2n) is 4.47. The van der Waals surface area contributed by atoms with E-state index in [2.05, 4.69) is 48.1 Å². The topological polar surface area (TPSA) is 26.3 Å². The summed E-state index contributed by atoms with van der Waals surface area (Å²) in [5.41, 5.74) is 0. The maximum atomic E-state index is 10.9. The lowest BCUT2D eigenvalue weighted by Gasteiger charge is -1.98. The Morgan fingerprint density at radius 1 is 0.895 bits per heavy atom. The number of rotatable bonds is 11. The summed E-state index contributed by atoms with van der Waals surface area (Å²) in [6.45, 7) is 2.15. The average molecular weight is 264 g/mol. The molecule has 0 fully saturated rings. The van der Waals surface area contributed by atoms with Gasteiger partial charge >= 0.3 is 5.97 Å². The van der Waals surface area contributed by atoms with Crippen LogP contribution in [0, 0.1) is 0 Å². The van der Waals surface area contributed by atoms with Gasteiger partial charge in [-0.15, -0.1) is 0 Å². The third-order valence-electron chi connectivity index (χ3n) is 2.76. The number of methoxy groups -OCH3 is 1. The maximum absolute atomic E-state index is 10.9. The number of hydrogen-bond donors (Lipinski definition) is 0. The van der Waals surface area contributed by atoms with E-state index < -0.39 is 0 Å². The van der Waals surface area contributed by atoms with Crippen LogP contribution >= 0.6 is 0 Å². The zero-order valence-electron chi connectivity index (χ0n) is 12.4. The van der Waals surface area contributed by atoms with Crippen molar-refractivity contribution in [1.29, 1.82) is 0 Å². The number of hydrogen-bond acceptors (Lipinski definition) is 2. The van der Waals surface area contributed by atoms with E-state index in [0.717, 1.165) is 44.9 Å². The highest BCUT2D eigenvalue weighted by Crippen LogP contribution is 2.05. The third kappa shape index (κ3) is 14.6. The number of ether oxygens (including phenoxy) is 1. The summed E-state index contributed by atoms with van der Waals surface area (Å²) in [5.74, 6) is -0.0993. The molecule has 0 aliphatic rings. The summed E-state index contributed by atoms with van der Waals surface area (Å²) in [5, 5.41) is 0. The minimum atomic E-state index is -0.0993. The Morgan fingerprint density at radius 3 is 2.16 bits per heavy atom. The molecule has 0 aromatic carbocycles. The molecular formula is C17H28O2. The molecule has 0 radical (unpaired) electrons. The van der Waals surface area contributed by atoms with Crippen LogP contribution in [-0.4, -0.2) is 13.1 Å². The Morgan fingerprint density at radius 2 is 1.53 bits per heavy atom. The van der Waals surface area contributed by atoms with E-state index in [1.54, 1.807) is 0 Å². The number of carbonyl (C=O) groups excluding carboxylic acids is 1.